The minimum absolute atomic E-state index is 0.0833. The number of rotatable bonds is 2. The van der Waals surface area contributed by atoms with Crippen molar-refractivity contribution in [2.75, 3.05) is 5.32 Å². The van der Waals surface area contributed by atoms with Crippen molar-refractivity contribution < 1.29 is 9.18 Å². The van der Waals surface area contributed by atoms with E-state index in [1.807, 2.05) is 31.2 Å². The van der Waals surface area contributed by atoms with E-state index in [4.69, 9.17) is 0 Å². The van der Waals surface area contributed by atoms with Crippen LogP contribution < -0.4 is 5.32 Å². The second-order valence-electron chi connectivity index (χ2n) is 7.44. The third kappa shape index (κ3) is 2.72. The maximum Gasteiger partial charge on any atom is 0.226 e. The number of allylic oxidation sites excluding steroid dienone is 2. The summed E-state index contributed by atoms with van der Waals surface area (Å²) in [6.45, 7) is 2.04. The van der Waals surface area contributed by atoms with E-state index in [9.17, 15) is 9.18 Å². The molecular formula is C22H19FN4O. The van der Waals surface area contributed by atoms with Crippen molar-refractivity contribution >= 4 is 11.7 Å². The Labute approximate surface area is 161 Å². The number of ketones is 1. The molecule has 6 heteroatoms. The minimum atomic E-state index is -0.339. The number of benzene rings is 2. The van der Waals surface area contributed by atoms with E-state index >= 15 is 0 Å². The van der Waals surface area contributed by atoms with Crippen LogP contribution in [0, 0.1) is 18.7 Å². The Morgan fingerprint density at radius 1 is 1.07 bits per heavy atom. The van der Waals surface area contributed by atoms with Crippen molar-refractivity contribution in [1.82, 2.24) is 14.8 Å². The number of carbonyl (C=O) groups is 1. The Morgan fingerprint density at radius 3 is 2.54 bits per heavy atom. The fourth-order valence-corrected chi connectivity index (χ4v) is 4.20. The molecule has 0 amide bonds. The first-order valence-corrected chi connectivity index (χ1v) is 9.33. The van der Waals surface area contributed by atoms with E-state index in [-0.39, 0.29) is 29.5 Å². The zero-order chi connectivity index (χ0) is 19.3. The molecule has 1 aliphatic heterocycles. The third-order valence-electron chi connectivity index (χ3n) is 5.61. The predicted octanol–water partition coefficient (Wildman–Crippen LogP) is 4.00. The number of aromatic nitrogens is 3. The molecule has 0 fully saturated rings. The zero-order valence-electron chi connectivity index (χ0n) is 15.3. The number of nitrogens with zero attached hydrogens (tertiary/aromatic N) is 3. The average Bonchev–Trinajstić information content (AvgIpc) is 3.16. The van der Waals surface area contributed by atoms with E-state index < -0.39 is 0 Å². The molecule has 0 saturated carbocycles. The van der Waals surface area contributed by atoms with Gasteiger partial charge in [-0.25, -0.2) is 9.07 Å². The lowest BCUT2D eigenvalue weighted by molar-refractivity contribution is -0.123. The van der Waals surface area contributed by atoms with Crippen LogP contribution in [0.3, 0.4) is 0 Å². The summed E-state index contributed by atoms with van der Waals surface area (Å²) in [5.74, 6) is 0.0695. The molecule has 0 bridgehead atoms. The van der Waals surface area contributed by atoms with Crippen LogP contribution in [0.5, 0.6) is 0 Å². The highest BCUT2D eigenvalue weighted by Gasteiger charge is 2.43. The standard InChI is InChI=1S/C22H19FN4O/c1-13-2-4-15(5-3-13)21-20-18(26-22-24-12-25-27(21)22)10-16(11-19(20)28)14-6-8-17(23)9-7-14/h2-10,12,16,20-21H,11H2,1H3,(H,24,25,26)/t16-,20-,21-/m0/s1. The SMILES string of the molecule is Cc1ccc([C@H]2[C@@H]3C(=O)C[C@@H](c4ccc(F)cc4)C=C3Nc3ncnn32)cc1. The van der Waals surface area contributed by atoms with E-state index in [2.05, 4.69) is 21.5 Å². The maximum absolute atomic E-state index is 13.3. The van der Waals surface area contributed by atoms with Gasteiger partial charge in [-0.1, -0.05) is 48.0 Å². The van der Waals surface area contributed by atoms with Gasteiger partial charge in [-0.2, -0.15) is 10.1 Å². The molecule has 0 unspecified atom stereocenters. The molecule has 28 heavy (non-hydrogen) atoms. The first kappa shape index (κ1) is 16.9. The summed E-state index contributed by atoms with van der Waals surface area (Å²) in [4.78, 5) is 17.6. The molecule has 2 heterocycles. The molecule has 2 aromatic carbocycles. The largest absolute Gasteiger partial charge is 0.328 e. The topological polar surface area (TPSA) is 59.8 Å². The second-order valence-corrected chi connectivity index (χ2v) is 7.44. The fraction of sp³-hybridized carbons (Fsp3) is 0.227. The first-order chi connectivity index (χ1) is 13.6. The summed E-state index contributed by atoms with van der Waals surface area (Å²) in [5.41, 5.74) is 3.97. The Balaban J connectivity index is 1.60. The predicted molar refractivity (Wildman–Crippen MR) is 103 cm³/mol. The van der Waals surface area contributed by atoms with Crippen LogP contribution in [0.2, 0.25) is 0 Å². The lowest BCUT2D eigenvalue weighted by Crippen LogP contribution is -2.40. The van der Waals surface area contributed by atoms with Crippen molar-refractivity contribution in [2.24, 2.45) is 5.92 Å². The highest BCUT2D eigenvalue weighted by atomic mass is 19.1. The number of fused-ring (bicyclic) bond motifs is 2. The van der Waals surface area contributed by atoms with Crippen LogP contribution in [0.4, 0.5) is 10.3 Å². The van der Waals surface area contributed by atoms with Crippen LogP contribution in [0.1, 0.15) is 35.1 Å². The number of hydrogen-bond acceptors (Lipinski definition) is 4. The maximum atomic E-state index is 13.3. The van der Waals surface area contributed by atoms with Crippen molar-refractivity contribution in [3.63, 3.8) is 0 Å². The number of halogens is 1. The number of aryl methyl sites for hydroxylation is 1. The molecule has 140 valence electrons. The number of carbonyl (C=O) groups excluding carboxylic acids is 1. The summed E-state index contributed by atoms with van der Waals surface area (Å²) >= 11 is 0. The number of hydrogen-bond donors (Lipinski definition) is 1. The van der Waals surface area contributed by atoms with Gasteiger partial charge in [-0.05, 0) is 30.2 Å². The van der Waals surface area contributed by atoms with Crippen LogP contribution in [0.15, 0.2) is 66.6 Å². The van der Waals surface area contributed by atoms with Crippen molar-refractivity contribution in [2.45, 2.75) is 25.3 Å². The van der Waals surface area contributed by atoms with Crippen LogP contribution in [-0.2, 0) is 4.79 Å². The molecule has 1 aliphatic carbocycles. The number of Topliss-reactive ketones (excluding diaryl/α,β-unsaturated/α-hetero) is 1. The zero-order valence-corrected chi connectivity index (χ0v) is 15.3. The monoisotopic (exact) mass is 374 g/mol. The molecule has 1 N–H and O–H groups in total. The van der Waals surface area contributed by atoms with Gasteiger partial charge in [0.2, 0.25) is 5.95 Å². The molecule has 5 rings (SSSR count). The van der Waals surface area contributed by atoms with Crippen molar-refractivity contribution in [1.29, 1.82) is 0 Å². The Hall–Kier alpha value is -3.28. The summed E-state index contributed by atoms with van der Waals surface area (Å²) in [6, 6.07) is 14.3. The highest BCUT2D eigenvalue weighted by Crippen LogP contribution is 2.43. The summed E-state index contributed by atoms with van der Waals surface area (Å²) in [5, 5.41) is 7.66. The van der Waals surface area contributed by atoms with E-state index in [0.29, 0.717) is 12.4 Å². The molecule has 1 aromatic heterocycles. The fourth-order valence-electron chi connectivity index (χ4n) is 4.20. The highest BCUT2D eigenvalue weighted by molar-refractivity contribution is 5.88. The number of anilines is 1. The Kier molecular flexibility index (Phi) is 3.86. The number of nitrogens with one attached hydrogen (secondary N) is 1. The van der Waals surface area contributed by atoms with Gasteiger partial charge in [0, 0.05) is 18.0 Å². The summed E-state index contributed by atoms with van der Waals surface area (Å²) < 4.78 is 15.1. The molecule has 0 radical (unpaired) electrons. The summed E-state index contributed by atoms with van der Waals surface area (Å²) in [6.07, 6.45) is 3.97. The molecule has 3 atom stereocenters. The van der Waals surface area contributed by atoms with Crippen LogP contribution >= 0.6 is 0 Å². The molecular weight excluding hydrogens is 355 g/mol. The van der Waals surface area contributed by atoms with Gasteiger partial charge in [-0.3, -0.25) is 4.79 Å². The normalized spacial score (nSPS) is 23.4. The third-order valence-corrected chi connectivity index (χ3v) is 5.61. The van der Waals surface area contributed by atoms with Crippen molar-refractivity contribution in [3.05, 3.63) is 89.1 Å². The Morgan fingerprint density at radius 2 is 1.79 bits per heavy atom. The van der Waals surface area contributed by atoms with Gasteiger partial charge >= 0.3 is 0 Å². The first-order valence-electron chi connectivity index (χ1n) is 9.33. The van der Waals surface area contributed by atoms with Gasteiger partial charge in [0.1, 0.15) is 17.9 Å². The van der Waals surface area contributed by atoms with Crippen molar-refractivity contribution in [3.8, 4) is 0 Å². The summed E-state index contributed by atoms with van der Waals surface area (Å²) in [7, 11) is 0. The molecule has 2 aliphatic rings. The minimum Gasteiger partial charge on any atom is -0.328 e. The van der Waals surface area contributed by atoms with Gasteiger partial charge < -0.3 is 5.32 Å². The smallest absolute Gasteiger partial charge is 0.226 e. The molecule has 0 spiro atoms. The van der Waals surface area contributed by atoms with Gasteiger partial charge in [0.15, 0.2) is 0 Å². The van der Waals surface area contributed by atoms with Gasteiger partial charge in [0.25, 0.3) is 0 Å². The average molecular weight is 374 g/mol. The lowest BCUT2D eigenvalue weighted by Gasteiger charge is -2.38. The lowest BCUT2D eigenvalue weighted by atomic mass is 9.75. The molecule has 3 aromatic rings. The van der Waals surface area contributed by atoms with Gasteiger partial charge in [-0.15, -0.1) is 0 Å². The molecule has 5 nitrogen and oxygen atoms in total. The van der Waals surface area contributed by atoms with Gasteiger partial charge in [0.05, 0.1) is 12.0 Å². The van der Waals surface area contributed by atoms with E-state index in [1.54, 1.807) is 16.8 Å². The molecule has 0 saturated heterocycles. The van der Waals surface area contributed by atoms with Crippen LogP contribution in [0.25, 0.3) is 0 Å². The van der Waals surface area contributed by atoms with E-state index in [1.165, 1.54) is 24.0 Å². The Bertz CT molecular complexity index is 1070. The quantitative estimate of drug-likeness (QED) is 0.737. The second kappa shape index (κ2) is 6.41. The van der Waals surface area contributed by atoms with E-state index in [0.717, 1.165) is 16.8 Å². The van der Waals surface area contributed by atoms with Crippen LogP contribution in [-0.4, -0.2) is 20.5 Å².